The zero-order valence-electron chi connectivity index (χ0n) is 9.62. The summed E-state index contributed by atoms with van der Waals surface area (Å²) < 4.78 is 0. The first-order valence-electron chi connectivity index (χ1n) is 5.48. The van der Waals surface area contributed by atoms with E-state index in [4.69, 9.17) is 11.6 Å². The molecule has 19 heavy (non-hydrogen) atoms. The third-order valence-electron chi connectivity index (χ3n) is 2.51. The summed E-state index contributed by atoms with van der Waals surface area (Å²) >= 11 is 7.09. The number of rotatable bonds is 2. The fourth-order valence-electron chi connectivity index (χ4n) is 1.59. The molecule has 94 valence electrons. The summed E-state index contributed by atoms with van der Waals surface area (Å²) in [6.45, 7) is 0. The van der Waals surface area contributed by atoms with E-state index in [0.29, 0.717) is 21.1 Å². The van der Waals surface area contributed by atoms with Gasteiger partial charge >= 0.3 is 0 Å². The number of azo groups is 1. The van der Waals surface area contributed by atoms with Gasteiger partial charge in [-0.05, 0) is 36.4 Å². The predicted molar refractivity (Wildman–Crippen MR) is 76.9 cm³/mol. The predicted octanol–water partition coefficient (Wildman–Crippen LogP) is 5.07. The van der Waals surface area contributed by atoms with E-state index in [-0.39, 0.29) is 5.75 Å². The van der Waals surface area contributed by atoms with Crippen molar-refractivity contribution in [3.63, 3.8) is 0 Å². The van der Waals surface area contributed by atoms with E-state index in [2.05, 4.69) is 15.2 Å². The maximum atomic E-state index is 10.0. The maximum Gasteiger partial charge on any atom is 0.183 e. The molecule has 0 saturated heterocycles. The van der Waals surface area contributed by atoms with Crippen molar-refractivity contribution < 1.29 is 5.11 Å². The van der Waals surface area contributed by atoms with Crippen molar-refractivity contribution in [2.24, 2.45) is 10.2 Å². The number of hydrogen-bond donors (Lipinski definition) is 1. The number of benzene rings is 1. The monoisotopic (exact) mass is 289 g/mol. The highest BCUT2D eigenvalue weighted by molar-refractivity contribution is 7.22. The Bertz CT molecular complexity index is 752. The second kappa shape index (κ2) is 4.95. The van der Waals surface area contributed by atoms with Crippen molar-refractivity contribution in [1.29, 1.82) is 0 Å². The van der Waals surface area contributed by atoms with Crippen LogP contribution in [0.2, 0.25) is 5.02 Å². The van der Waals surface area contributed by atoms with Crippen LogP contribution < -0.4 is 0 Å². The summed E-state index contributed by atoms with van der Waals surface area (Å²) in [5.74, 6) is 0.116. The van der Waals surface area contributed by atoms with Crippen LogP contribution in [0.3, 0.4) is 0 Å². The van der Waals surface area contributed by atoms with Crippen molar-refractivity contribution in [1.82, 2.24) is 4.98 Å². The molecule has 0 aliphatic carbocycles. The summed E-state index contributed by atoms with van der Waals surface area (Å²) in [6.07, 6.45) is 1.68. The summed E-state index contributed by atoms with van der Waals surface area (Å²) in [4.78, 5) is 4.91. The Kier molecular flexibility index (Phi) is 3.15. The molecule has 3 aromatic rings. The van der Waals surface area contributed by atoms with Gasteiger partial charge in [0.1, 0.15) is 4.83 Å². The van der Waals surface area contributed by atoms with E-state index < -0.39 is 0 Å². The van der Waals surface area contributed by atoms with Crippen molar-refractivity contribution in [2.45, 2.75) is 0 Å². The summed E-state index contributed by atoms with van der Waals surface area (Å²) in [5, 5.41) is 19.9. The van der Waals surface area contributed by atoms with Crippen LogP contribution in [0.15, 0.2) is 52.8 Å². The van der Waals surface area contributed by atoms with Crippen LogP contribution in [-0.2, 0) is 0 Å². The Morgan fingerprint density at radius 1 is 1.11 bits per heavy atom. The van der Waals surface area contributed by atoms with Crippen molar-refractivity contribution in [3.05, 3.63) is 47.6 Å². The molecule has 0 atom stereocenters. The van der Waals surface area contributed by atoms with Crippen molar-refractivity contribution >= 4 is 43.8 Å². The molecule has 0 unspecified atom stereocenters. The zero-order chi connectivity index (χ0) is 13.2. The Labute approximate surface area is 118 Å². The molecule has 0 aliphatic rings. The lowest BCUT2D eigenvalue weighted by molar-refractivity contribution is 0.484. The first-order valence-corrected chi connectivity index (χ1v) is 6.67. The molecule has 4 nitrogen and oxygen atoms in total. The number of pyridine rings is 1. The molecular formula is C13H8ClN3OS. The Morgan fingerprint density at radius 2 is 1.89 bits per heavy atom. The lowest BCUT2D eigenvalue weighted by Crippen LogP contribution is -1.67. The minimum Gasteiger partial charge on any atom is -0.504 e. The van der Waals surface area contributed by atoms with Gasteiger partial charge in [0, 0.05) is 11.2 Å². The molecule has 2 aromatic heterocycles. The molecule has 0 radical (unpaired) electrons. The molecule has 1 aromatic carbocycles. The summed E-state index contributed by atoms with van der Waals surface area (Å²) in [6, 6.07) is 10.6. The molecule has 1 N–H and O–H groups in total. The van der Waals surface area contributed by atoms with Gasteiger partial charge in [0.2, 0.25) is 0 Å². The smallest absolute Gasteiger partial charge is 0.183 e. The van der Waals surface area contributed by atoms with Gasteiger partial charge in [-0.3, -0.25) is 0 Å². The number of aromatic hydroxyl groups is 1. The highest BCUT2D eigenvalue weighted by atomic mass is 35.5. The topological polar surface area (TPSA) is 57.8 Å². The molecule has 0 saturated carbocycles. The molecule has 0 bridgehead atoms. The van der Waals surface area contributed by atoms with E-state index in [1.165, 1.54) is 11.3 Å². The first-order chi connectivity index (χ1) is 9.24. The van der Waals surface area contributed by atoms with Gasteiger partial charge in [0.15, 0.2) is 10.8 Å². The average Bonchev–Trinajstić information content (AvgIpc) is 2.76. The molecule has 0 aliphatic heterocycles. The van der Waals surface area contributed by atoms with E-state index in [9.17, 15) is 5.11 Å². The van der Waals surface area contributed by atoms with Gasteiger partial charge in [0.25, 0.3) is 0 Å². The van der Waals surface area contributed by atoms with Gasteiger partial charge in [-0.2, -0.15) is 0 Å². The summed E-state index contributed by atoms with van der Waals surface area (Å²) in [5.41, 5.74) is 0.675. The van der Waals surface area contributed by atoms with Crippen LogP contribution in [0.5, 0.6) is 5.75 Å². The molecule has 2 heterocycles. The lowest BCUT2D eigenvalue weighted by atomic mass is 10.3. The summed E-state index contributed by atoms with van der Waals surface area (Å²) in [7, 11) is 0. The third kappa shape index (κ3) is 2.43. The van der Waals surface area contributed by atoms with Crippen LogP contribution in [0, 0.1) is 0 Å². The van der Waals surface area contributed by atoms with Crippen LogP contribution >= 0.6 is 22.9 Å². The molecule has 0 spiro atoms. The van der Waals surface area contributed by atoms with Gasteiger partial charge < -0.3 is 5.11 Å². The highest BCUT2D eigenvalue weighted by Gasteiger charge is 2.10. The number of fused-ring (bicyclic) bond motifs is 1. The highest BCUT2D eigenvalue weighted by Crippen LogP contribution is 2.42. The number of nitrogens with zero attached hydrogens (tertiary/aromatic N) is 3. The normalized spacial score (nSPS) is 11.4. The lowest BCUT2D eigenvalue weighted by Gasteiger charge is -1.92. The number of aromatic nitrogens is 1. The molecule has 6 heteroatoms. The third-order valence-corrected chi connectivity index (χ3v) is 3.74. The number of thiophene rings is 1. The van der Waals surface area contributed by atoms with Crippen LogP contribution in [0.1, 0.15) is 0 Å². The van der Waals surface area contributed by atoms with Crippen LogP contribution in [0.25, 0.3) is 10.2 Å². The molecular weight excluding hydrogens is 282 g/mol. The second-order valence-electron chi connectivity index (χ2n) is 3.79. The molecule has 3 rings (SSSR count). The minimum absolute atomic E-state index is 0.116. The Hall–Kier alpha value is -1.98. The van der Waals surface area contributed by atoms with Gasteiger partial charge in [0.05, 0.1) is 11.1 Å². The average molecular weight is 290 g/mol. The van der Waals surface area contributed by atoms with Crippen LogP contribution in [-0.4, -0.2) is 10.1 Å². The SMILES string of the molecule is Oc1c(N=Nc2ccc(Cl)cc2)sc2ncccc12. The van der Waals surface area contributed by atoms with E-state index in [0.717, 1.165) is 4.83 Å². The van der Waals surface area contributed by atoms with E-state index in [1.807, 2.05) is 0 Å². The van der Waals surface area contributed by atoms with E-state index in [1.54, 1.807) is 42.6 Å². The first kappa shape index (κ1) is 12.1. The van der Waals surface area contributed by atoms with Crippen molar-refractivity contribution in [3.8, 4) is 5.75 Å². The quantitative estimate of drug-likeness (QED) is 0.669. The fourth-order valence-corrected chi connectivity index (χ4v) is 2.57. The van der Waals surface area contributed by atoms with Crippen LogP contribution in [0.4, 0.5) is 10.7 Å². The molecule has 0 fully saturated rings. The standard InChI is InChI=1S/C13H8ClN3OS/c14-8-3-5-9(6-4-8)16-17-13-11(18)10-2-1-7-15-12(10)19-13/h1-7,18H. The number of hydrogen-bond acceptors (Lipinski definition) is 5. The largest absolute Gasteiger partial charge is 0.504 e. The second-order valence-corrected chi connectivity index (χ2v) is 5.20. The van der Waals surface area contributed by atoms with Gasteiger partial charge in [-0.15, -0.1) is 10.2 Å². The maximum absolute atomic E-state index is 10.0. The van der Waals surface area contributed by atoms with Gasteiger partial charge in [-0.1, -0.05) is 22.9 Å². The van der Waals surface area contributed by atoms with Gasteiger partial charge in [-0.25, -0.2) is 4.98 Å². The van der Waals surface area contributed by atoms with Crippen molar-refractivity contribution in [2.75, 3.05) is 0 Å². The molecule has 0 amide bonds. The minimum atomic E-state index is 0.116. The van der Waals surface area contributed by atoms with E-state index >= 15 is 0 Å². The Balaban J connectivity index is 1.97. The zero-order valence-corrected chi connectivity index (χ0v) is 11.2. The number of halogens is 1. The fraction of sp³-hybridized carbons (Fsp3) is 0. The Morgan fingerprint density at radius 3 is 2.63 bits per heavy atom.